The molecule has 0 saturated carbocycles. The van der Waals surface area contributed by atoms with Gasteiger partial charge in [-0.05, 0) is 42.8 Å². The monoisotopic (exact) mass is 493 g/mol. The number of nitrogens with zero attached hydrogens (tertiary/aromatic N) is 6. The topological polar surface area (TPSA) is 90.6 Å². The molecule has 5 rings (SSSR count). The second-order valence-corrected chi connectivity index (χ2v) is 8.09. The number of rotatable bonds is 6. The molecule has 3 aromatic heterocycles. The number of hydrogen-bond acceptors (Lipinski definition) is 7. The third-order valence-electron chi connectivity index (χ3n) is 5.28. The third-order valence-corrected chi connectivity index (χ3v) is 5.63. The second-order valence-electron chi connectivity index (χ2n) is 7.71. The van der Waals surface area contributed by atoms with Gasteiger partial charge < -0.3 is 10.1 Å². The van der Waals surface area contributed by atoms with Crippen LogP contribution in [0.4, 0.5) is 20.3 Å². The van der Waals surface area contributed by atoms with Crippen molar-refractivity contribution in [3.63, 3.8) is 0 Å². The van der Waals surface area contributed by atoms with Crippen LogP contribution in [0.2, 0.25) is 5.02 Å². The van der Waals surface area contributed by atoms with Crippen LogP contribution in [0.3, 0.4) is 0 Å². The molecule has 0 radical (unpaired) electrons. The molecule has 1 atom stereocenters. The van der Waals surface area contributed by atoms with Crippen LogP contribution in [-0.4, -0.2) is 29.7 Å². The minimum Gasteiger partial charge on any atom is -0.482 e. The minimum absolute atomic E-state index is 0.0434. The molecule has 176 valence electrons. The maximum atomic E-state index is 14.6. The SMILES string of the molecule is C[C@@H](Oc1cc(-c2cnn(C)c2)cc2ncnc(Nc3ccc(F)c(Cl)c3F)c12)c1ncccn1. The summed E-state index contributed by atoms with van der Waals surface area (Å²) < 4.78 is 36.3. The van der Waals surface area contributed by atoms with E-state index in [4.69, 9.17) is 16.3 Å². The largest absolute Gasteiger partial charge is 0.482 e. The Hall–Kier alpha value is -4.18. The van der Waals surface area contributed by atoms with Gasteiger partial charge in [-0.15, -0.1) is 0 Å². The van der Waals surface area contributed by atoms with Gasteiger partial charge in [-0.3, -0.25) is 4.68 Å². The van der Waals surface area contributed by atoms with E-state index in [1.54, 1.807) is 29.3 Å². The van der Waals surface area contributed by atoms with Crippen LogP contribution < -0.4 is 10.1 Å². The summed E-state index contributed by atoms with van der Waals surface area (Å²) >= 11 is 5.76. The van der Waals surface area contributed by atoms with Crippen molar-refractivity contribution in [2.45, 2.75) is 13.0 Å². The van der Waals surface area contributed by atoms with Crippen LogP contribution in [0.25, 0.3) is 22.0 Å². The van der Waals surface area contributed by atoms with E-state index in [0.29, 0.717) is 22.5 Å². The Morgan fingerprint density at radius 3 is 2.60 bits per heavy atom. The first-order chi connectivity index (χ1) is 16.9. The number of anilines is 2. The molecule has 0 amide bonds. The zero-order chi connectivity index (χ0) is 24.5. The van der Waals surface area contributed by atoms with E-state index in [1.165, 1.54) is 12.4 Å². The van der Waals surface area contributed by atoms with Crippen molar-refractivity contribution in [3.8, 4) is 16.9 Å². The summed E-state index contributed by atoms with van der Waals surface area (Å²) in [6.45, 7) is 1.81. The smallest absolute Gasteiger partial charge is 0.168 e. The highest BCUT2D eigenvalue weighted by atomic mass is 35.5. The Morgan fingerprint density at radius 1 is 1.06 bits per heavy atom. The molecule has 0 spiro atoms. The van der Waals surface area contributed by atoms with E-state index in [2.05, 4.69) is 30.4 Å². The molecule has 8 nitrogen and oxygen atoms in total. The van der Waals surface area contributed by atoms with Crippen LogP contribution in [0.15, 0.2) is 61.4 Å². The lowest BCUT2D eigenvalue weighted by molar-refractivity contribution is 0.219. The fourth-order valence-corrected chi connectivity index (χ4v) is 3.76. The van der Waals surface area contributed by atoms with E-state index in [1.807, 2.05) is 32.3 Å². The van der Waals surface area contributed by atoms with Gasteiger partial charge in [-0.25, -0.2) is 28.7 Å². The van der Waals surface area contributed by atoms with Crippen molar-refractivity contribution in [1.82, 2.24) is 29.7 Å². The minimum atomic E-state index is -0.932. The van der Waals surface area contributed by atoms with Crippen molar-refractivity contribution in [2.24, 2.45) is 7.05 Å². The van der Waals surface area contributed by atoms with Gasteiger partial charge in [0.2, 0.25) is 0 Å². The van der Waals surface area contributed by atoms with Gasteiger partial charge in [-0.2, -0.15) is 5.10 Å². The van der Waals surface area contributed by atoms with E-state index < -0.39 is 22.8 Å². The number of ether oxygens (including phenoxy) is 1. The molecule has 0 aliphatic rings. The normalized spacial score (nSPS) is 12.0. The zero-order valence-electron chi connectivity index (χ0n) is 18.6. The molecule has 0 aliphatic carbocycles. The summed E-state index contributed by atoms with van der Waals surface area (Å²) in [6.07, 6.45) is 7.67. The van der Waals surface area contributed by atoms with E-state index >= 15 is 0 Å². The van der Waals surface area contributed by atoms with E-state index in [9.17, 15) is 8.78 Å². The summed E-state index contributed by atoms with van der Waals surface area (Å²) in [5.41, 5.74) is 2.15. The molecule has 2 aromatic carbocycles. The molecule has 3 heterocycles. The fraction of sp³-hybridized carbons (Fsp3) is 0.125. The lowest BCUT2D eigenvalue weighted by atomic mass is 10.1. The Labute approximate surface area is 203 Å². The van der Waals surface area contributed by atoms with Crippen LogP contribution in [0.5, 0.6) is 5.75 Å². The molecule has 0 aliphatic heterocycles. The summed E-state index contributed by atoms with van der Waals surface area (Å²) in [4.78, 5) is 17.2. The van der Waals surface area contributed by atoms with Gasteiger partial charge in [0.05, 0.1) is 22.8 Å². The van der Waals surface area contributed by atoms with Crippen LogP contribution >= 0.6 is 11.6 Å². The van der Waals surface area contributed by atoms with Crippen LogP contribution in [0.1, 0.15) is 18.9 Å². The standard InChI is InChI=1S/C24H18ClF2N7O/c1-13(23-28-6-3-7-29-23)35-19-9-14(15-10-32-34(2)11-15)8-18-20(19)24(31-12-30-18)33-17-5-4-16(26)21(25)22(17)27/h3-13H,1-2H3,(H,30,31,33)/t13-/m1/s1. The van der Waals surface area contributed by atoms with Gasteiger partial charge in [0.1, 0.15) is 28.7 Å². The van der Waals surface area contributed by atoms with Crippen molar-refractivity contribution in [3.05, 3.63) is 83.9 Å². The van der Waals surface area contributed by atoms with E-state index in [-0.39, 0.29) is 11.5 Å². The van der Waals surface area contributed by atoms with Crippen molar-refractivity contribution >= 4 is 34.0 Å². The summed E-state index contributed by atoms with van der Waals surface area (Å²) in [7, 11) is 1.82. The Kier molecular flexibility index (Phi) is 5.96. The lowest BCUT2D eigenvalue weighted by Crippen LogP contribution is -2.08. The average Bonchev–Trinajstić information content (AvgIpc) is 3.31. The zero-order valence-corrected chi connectivity index (χ0v) is 19.3. The first-order valence-electron chi connectivity index (χ1n) is 10.5. The van der Waals surface area contributed by atoms with Gasteiger partial charge >= 0.3 is 0 Å². The van der Waals surface area contributed by atoms with Crippen molar-refractivity contribution in [2.75, 3.05) is 5.32 Å². The summed E-state index contributed by atoms with van der Waals surface area (Å²) in [6, 6.07) is 7.71. The predicted molar refractivity (Wildman–Crippen MR) is 127 cm³/mol. The van der Waals surface area contributed by atoms with Gasteiger partial charge in [0, 0.05) is 31.2 Å². The molecule has 11 heteroatoms. The number of halogens is 3. The Balaban J connectivity index is 1.65. The number of aromatic nitrogens is 6. The maximum absolute atomic E-state index is 14.6. The highest BCUT2D eigenvalue weighted by Gasteiger charge is 2.20. The summed E-state index contributed by atoms with van der Waals surface area (Å²) in [5, 5.41) is 7.01. The quantitative estimate of drug-likeness (QED) is 0.306. The fourth-order valence-electron chi connectivity index (χ4n) is 3.59. The predicted octanol–water partition coefficient (Wildman–Crippen LogP) is 5.64. The van der Waals surface area contributed by atoms with Crippen molar-refractivity contribution < 1.29 is 13.5 Å². The van der Waals surface area contributed by atoms with Gasteiger partial charge in [0.25, 0.3) is 0 Å². The third kappa shape index (κ3) is 4.47. The van der Waals surface area contributed by atoms with Crippen LogP contribution in [0, 0.1) is 11.6 Å². The number of aryl methyl sites for hydroxylation is 1. The van der Waals surface area contributed by atoms with Crippen LogP contribution in [-0.2, 0) is 7.05 Å². The molecule has 0 saturated heterocycles. The number of benzene rings is 2. The highest BCUT2D eigenvalue weighted by Crippen LogP contribution is 2.38. The Morgan fingerprint density at radius 2 is 1.86 bits per heavy atom. The second kappa shape index (κ2) is 9.22. The van der Waals surface area contributed by atoms with Gasteiger partial charge in [0.15, 0.2) is 17.7 Å². The molecule has 1 N–H and O–H groups in total. The molecule has 35 heavy (non-hydrogen) atoms. The average molecular weight is 494 g/mol. The molecule has 0 unspecified atom stereocenters. The molecule has 0 fully saturated rings. The lowest BCUT2D eigenvalue weighted by Gasteiger charge is -2.18. The molecule has 0 bridgehead atoms. The van der Waals surface area contributed by atoms with Gasteiger partial charge in [-0.1, -0.05) is 11.6 Å². The molecule has 5 aromatic rings. The number of nitrogens with one attached hydrogen (secondary N) is 1. The Bertz CT molecular complexity index is 1530. The summed E-state index contributed by atoms with van der Waals surface area (Å²) in [5.74, 6) is -0.637. The molecular weight excluding hydrogens is 476 g/mol. The highest BCUT2D eigenvalue weighted by molar-refractivity contribution is 6.31. The maximum Gasteiger partial charge on any atom is 0.168 e. The van der Waals surface area contributed by atoms with E-state index in [0.717, 1.165) is 17.2 Å². The molecular formula is C24H18ClF2N7O. The first-order valence-corrected chi connectivity index (χ1v) is 10.9. The van der Waals surface area contributed by atoms with Crippen molar-refractivity contribution in [1.29, 1.82) is 0 Å². The number of hydrogen-bond donors (Lipinski definition) is 1. The first kappa shape index (κ1) is 22.6. The number of fused-ring (bicyclic) bond motifs is 1.